The Balaban J connectivity index is 2.34. The molecule has 1 heterocycles. The highest BCUT2D eigenvalue weighted by molar-refractivity contribution is 9.10. The van der Waals surface area contributed by atoms with Crippen LogP contribution in [0.4, 0.5) is 4.39 Å². The van der Waals surface area contributed by atoms with Gasteiger partial charge < -0.3 is 4.57 Å². The van der Waals surface area contributed by atoms with Crippen molar-refractivity contribution in [3.8, 4) is 6.07 Å². The van der Waals surface area contributed by atoms with Gasteiger partial charge in [-0.3, -0.25) is 0 Å². The molecule has 4 heteroatoms. The van der Waals surface area contributed by atoms with Gasteiger partial charge in [0.15, 0.2) is 0 Å². The molecule has 0 atom stereocenters. The van der Waals surface area contributed by atoms with Crippen molar-refractivity contribution in [2.75, 3.05) is 0 Å². The zero-order valence-electron chi connectivity index (χ0n) is 8.32. The fourth-order valence-electron chi connectivity index (χ4n) is 1.50. The molecule has 2 rings (SSSR count). The van der Waals surface area contributed by atoms with Gasteiger partial charge in [-0.1, -0.05) is 15.9 Å². The van der Waals surface area contributed by atoms with Crippen LogP contribution in [-0.4, -0.2) is 4.57 Å². The molecule has 0 bridgehead atoms. The Kier molecular flexibility index (Phi) is 3.07. The van der Waals surface area contributed by atoms with Crippen molar-refractivity contribution in [3.63, 3.8) is 0 Å². The maximum atomic E-state index is 13.5. The minimum atomic E-state index is -0.263. The van der Waals surface area contributed by atoms with Crippen LogP contribution in [0.1, 0.15) is 11.3 Å². The fourth-order valence-corrected chi connectivity index (χ4v) is 1.91. The Morgan fingerprint density at radius 2 is 2.19 bits per heavy atom. The summed E-state index contributed by atoms with van der Waals surface area (Å²) in [4.78, 5) is 0. The monoisotopic (exact) mass is 278 g/mol. The molecule has 0 spiro atoms. The Hall–Kier alpha value is -1.60. The number of hydrogen-bond donors (Lipinski definition) is 0. The molecule has 16 heavy (non-hydrogen) atoms. The molecule has 80 valence electrons. The smallest absolute Gasteiger partial charge is 0.128 e. The molecule has 0 unspecified atom stereocenters. The first-order chi connectivity index (χ1) is 7.70. The van der Waals surface area contributed by atoms with E-state index in [-0.39, 0.29) is 5.82 Å². The third kappa shape index (κ3) is 2.15. The van der Waals surface area contributed by atoms with Gasteiger partial charge in [-0.25, -0.2) is 4.39 Å². The van der Waals surface area contributed by atoms with E-state index in [1.54, 1.807) is 35.0 Å². The summed E-state index contributed by atoms with van der Waals surface area (Å²) >= 11 is 3.30. The average molecular weight is 279 g/mol. The second-order valence-electron chi connectivity index (χ2n) is 3.37. The van der Waals surface area contributed by atoms with Gasteiger partial charge in [0, 0.05) is 16.2 Å². The largest absolute Gasteiger partial charge is 0.335 e. The topological polar surface area (TPSA) is 28.7 Å². The molecule has 0 aliphatic heterocycles. The third-order valence-electron chi connectivity index (χ3n) is 2.29. The number of benzene rings is 1. The minimum Gasteiger partial charge on any atom is -0.335 e. The van der Waals surface area contributed by atoms with Crippen molar-refractivity contribution in [3.05, 3.63) is 58.1 Å². The van der Waals surface area contributed by atoms with E-state index in [9.17, 15) is 4.39 Å². The first-order valence-electron chi connectivity index (χ1n) is 4.70. The fraction of sp³-hybridized carbons (Fsp3) is 0.0833. The van der Waals surface area contributed by atoms with Gasteiger partial charge in [-0.2, -0.15) is 5.26 Å². The first-order valence-corrected chi connectivity index (χ1v) is 5.49. The van der Waals surface area contributed by atoms with Crippen molar-refractivity contribution in [2.24, 2.45) is 0 Å². The van der Waals surface area contributed by atoms with Crippen molar-refractivity contribution < 1.29 is 4.39 Å². The molecule has 0 aliphatic rings. The summed E-state index contributed by atoms with van der Waals surface area (Å²) in [6.45, 7) is 0.362. The Morgan fingerprint density at radius 1 is 1.38 bits per heavy atom. The Morgan fingerprint density at radius 3 is 2.94 bits per heavy atom. The van der Waals surface area contributed by atoms with E-state index in [4.69, 9.17) is 5.26 Å². The third-order valence-corrected chi connectivity index (χ3v) is 2.79. The molecule has 2 aromatic rings. The van der Waals surface area contributed by atoms with Crippen LogP contribution in [0.3, 0.4) is 0 Å². The summed E-state index contributed by atoms with van der Waals surface area (Å²) in [5, 5.41) is 8.84. The molecule has 0 radical (unpaired) electrons. The summed E-state index contributed by atoms with van der Waals surface area (Å²) < 4.78 is 16.0. The lowest BCUT2D eigenvalue weighted by atomic mass is 10.2. The van der Waals surface area contributed by atoms with Crippen LogP contribution in [0.2, 0.25) is 0 Å². The van der Waals surface area contributed by atoms with Crippen LogP contribution in [-0.2, 0) is 6.54 Å². The molecular formula is C12H8BrFN2. The van der Waals surface area contributed by atoms with Crippen LogP contribution in [0.15, 0.2) is 41.0 Å². The average Bonchev–Trinajstić information content (AvgIpc) is 2.71. The number of aromatic nitrogens is 1. The second-order valence-corrected chi connectivity index (χ2v) is 4.28. The van der Waals surface area contributed by atoms with Crippen molar-refractivity contribution in [1.29, 1.82) is 5.26 Å². The minimum absolute atomic E-state index is 0.263. The molecule has 1 aromatic carbocycles. The highest BCUT2D eigenvalue weighted by Crippen LogP contribution is 2.17. The summed E-state index contributed by atoms with van der Waals surface area (Å²) in [5.74, 6) is -0.263. The number of hydrogen-bond acceptors (Lipinski definition) is 1. The normalized spacial score (nSPS) is 10.1. The molecule has 0 amide bonds. The molecule has 0 saturated heterocycles. The van der Waals surface area contributed by atoms with Gasteiger partial charge in [0.25, 0.3) is 0 Å². The standard InChI is InChI=1S/C12H8BrFN2/c13-10-3-4-12(14)9(6-10)8-16-5-1-2-11(16)7-15/h1-6H,8H2. The SMILES string of the molecule is N#Cc1cccn1Cc1cc(Br)ccc1F. The van der Waals surface area contributed by atoms with Gasteiger partial charge in [0.05, 0.1) is 6.54 Å². The Labute approximate surface area is 101 Å². The summed E-state index contributed by atoms with van der Waals surface area (Å²) in [7, 11) is 0. The van der Waals surface area contributed by atoms with Crippen LogP contribution in [0, 0.1) is 17.1 Å². The van der Waals surface area contributed by atoms with E-state index in [1.165, 1.54) is 6.07 Å². The number of nitrogens with zero attached hydrogens (tertiary/aromatic N) is 2. The van der Waals surface area contributed by atoms with Crippen LogP contribution < -0.4 is 0 Å². The van der Waals surface area contributed by atoms with Crippen molar-refractivity contribution >= 4 is 15.9 Å². The molecule has 0 saturated carbocycles. The van der Waals surface area contributed by atoms with Crippen LogP contribution in [0.5, 0.6) is 0 Å². The van der Waals surface area contributed by atoms with Gasteiger partial charge in [-0.05, 0) is 30.3 Å². The molecule has 0 N–H and O–H groups in total. The highest BCUT2D eigenvalue weighted by Gasteiger charge is 2.05. The maximum absolute atomic E-state index is 13.5. The van der Waals surface area contributed by atoms with Gasteiger partial charge in [-0.15, -0.1) is 0 Å². The van der Waals surface area contributed by atoms with E-state index >= 15 is 0 Å². The van der Waals surface area contributed by atoms with E-state index < -0.39 is 0 Å². The second kappa shape index (κ2) is 4.50. The molecule has 0 aliphatic carbocycles. The predicted molar refractivity (Wildman–Crippen MR) is 62.3 cm³/mol. The van der Waals surface area contributed by atoms with Gasteiger partial charge in [0.1, 0.15) is 17.6 Å². The zero-order chi connectivity index (χ0) is 11.5. The first kappa shape index (κ1) is 10.9. The van der Waals surface area contributed by atoms with Crippen molar-refractivity contribution in [1.82, 2.24) is 4.57 Å². The lowest BCUT2D eigenvalue weighted by molar-refractivity contribution is 0.598. The van der Waals surface area contributed by atoms with Gasteiger partial charge >= 0.3 is 0 Å². The number of halogens is 2. The molecule has 0 fully saturated rings. The van der Waals surface area contributed by atoms with Gasteiger partial charge in [0.2, 0.25) is 0 Å². The maximum Gasteiger partial charge on any atom is 0.128 e. The predicted octanol–water partition coefficient (Wildman–Crippen LogP) is 3.31. The van der Waals surface area contributed by atoms with E-state index in [0.717, 1.165) is 4.47 Å². The summed E-state index contributed by atoms with van der Waals surface area (Å²) in [5.41, 5.74) is 1.08. The van der Waals surface area contributed by atoms with Crippen LogP contribution >= 0.6 is 15.9 Å². The van der Waals surface area contributed by atoms with Crippen LogP contribution in [0.25, 0.3) is 0 Å². The zero-order valence-corrected chi connectivity index (χ0v) is 9.91. The summed E-state index contributed by atoms with van der Waals surface area (Å²) in [6.07, 6.45) is 1.76. The highest BCUT2D eigenvalue weighted by atomic mass is 79.9. The quantitative estimate of drug-likeness (QED) is 0.829. The van der Waals surface area contributed by atoms with E-state index in [0.29, 0.717) is 17.8 Å². The molecular weight excluding hydrogens is 271 g/mol. The molecule has 1 aromatic heterocycles. The lowest BCUT2D eigenvalue weighted by Crippen LogP contribution is -2.02. The van der Waals surface area contributed by atoms with E-state index in [2.05, 4.69) is 22.0 Å². The molecule has 2 nitrogen and oxygen atoms in total. The Bertz CT molecular complexity index is 554. The number of rotatable bonds is 2. The number of nitriles is 1. The van der Waals surface area contributed by atoms with E-state index in [1.807, 2.05) is 0 Å². The lowest BCUT2D eigenvalue weighted by Gasteiger charge is -2.06. The van der Waals surface area contributed by atoms with Crippen molar-refractivity contribution in [2.45, 2.75) is 6.54 Å². The summed E-state index contributed by atoms with van der Waals surface area (Å²) in [6, 6.07) is 10.3.